The van der Waals surface area contributed by atoms with Crippen molar-refractivity contribution in [2.45, 2.75) is 58.0 Å². The molecule has 0 aliphatic carbocycles. The fourth-order valence-corrected chi connectivity index (χ4v) is 4.30. The molecule has 0 aromatic heterocycles. The number of carbonyl (C=O) groups is 2. The van der Waals surface area contributed by atoms with E-state index in [0.717, 1.165) is 11.1 Å². The standard InChI is InChI=1S/C24H30ClFN2O2S/c1-5-21(23(30)27-24(2,3)4)28(14-17-10-12-19(26)13-11-17)22(29)16-31-15-18-8-6-7-9-20(18)25/h6-13,21H,5,14-16H2,1-4H3,(H,27,30)/t21-/m0/s1. The molecule has 0 fully saturated rings. The minimum Gasteiger partial charge on any atom is -0.350 e. The third kappa shape index (κ3) is 8.19. The number of nitrogens with zero attached hydrogens (tertiary/aromatic N) is 1. The van der Waals surface area contributed by atoms with Gasteiger partial charge in [-0.15, -0.1) is 11.8 Å². The topological polar surface area (TPSA) is 49.4 Å². The summed E-state index contributed by atoms with van der Waals surface area (Å²) in [6, 6.07) is 12.9. The summed E-state index contributed by atoms with van der Waals surface area (Å²) in [5.74, 6) is 0.139. The zero-order valence-corrected chi connectivity index (χ0v) is 20.0. The van der Waals surface area contributed by atoms with Gasteiger partial charge in [0.05, 0.1) is 5.75 Å². The van der Waals surface area contributed by atoms with Gasteiger partial charge < -0.3 is 10.2 Å². The normalized spacial score (nSPS) is 12.3. The fourth-order valence-electron chi connectivity index (χ4n) is 3.11. The SMILES string of the molecule is CC[C@@H](C(=O)NC(C)(C)C)N(Cc1ccc(F)cc1)C(=O)CSCc1ccccc1Cl. The highest BCUT2D eigenvalue weighted by Crippen LogP contribution is 2.22. The van der Waals surface area contributed by atoms with Gasteiger partial charge in [-0.3, -0.25) is 9.59 Å². The van der Waals surface area contributed by atoms with Crippen LogP contribution in [0.5, 0.6) is 0 Å². The minimum absolute atomic E-state index is 0.141. The van der Waals surface area contributed by atoms with E-state index in [9.17, 15) is 14.0 Å². The number of carbonyl (C=O) groups excluding carboxylic acids is 2. The Kier molecular flexibility index (Phi) is 9.38. The van der Waals surface area contributed by atoms with E-state index in [1.807, 2.05) is 52.0 Å². The van der Waals surface area contributed by atoms with Gasteiger partial charge in [-0.05, 0) is 56.5 Å². The van der Waals surface area contributed by atoms with E-state index in [1.165, 1.54) is 23.9 Å². The van der Waals surface area contributed by atoms with Crippen LogP contribution in [0.2, 0.25) is 5.02 Å². The third-order valence-corrected chi connectivity index (χ3v) is 5.93. The van der Waals surface area contributed by atoms with Crippen LogP contribution in [0.3, 0.4) is 0 Å². The van der Waals surface area contributed by atoms with Crippen molar-refractivity contribution in [3.63, 3.8) is 0 Å². The molecule has 0 aliphatic rings. The van der Waals surface area contributed by atoms with E-state index < -0.39 is 11.6 Å². The number of hydrogen-bond donors (Lipinski definition) is 1. The summed E-state index contributed by atoms with van der Waals surface area (Å²) < 4.78 is 13.3. The molecule has 0 bridgehead atoms. The lowest BCUT2D eigenvalue weighted by Crippen LogP contribution is -2.53. The maximum Gasteiger partial charge on any atom is 0.243 e. The van der Waals surface area contributed by atoms with Crippen LogP contribution in [0.15, 0.2) is 48.5 Å². The minimum atomic E-state index is -0.613. The molecule has 0 saturated heterocycles. The highest BCUT2D eigenvalue weighted by atomic mass is 35.5. The van der Waals surface area contributed by atoms with E-state index in [0.29, 0.717) is 17.2 Å². The van der Waals surface area contributed by atoms with Crippen LogP contribution in [-0.2, 0) is 21.9 Å². The van der Waals surface area contributed by atoms with Crippen molar-refractivity contribution in [3.8, 4) is 0 Å². The van der Waals surface area contributed by atoms with Crippen LogP contribution in [-0.4, -0.2) is 34.0 Å². The summed E-state index contributed by atoms with van der Waals surface area (Å²) in [5.41, 5.74) is 1.32. The summed E-state index contributed by atoms with van der Waals surface area (Å²) in [6.45, 7) is 7.84. The van der Waals surface area contributed by atoms with Crippen LogP contribution in [0.1, 0.15) is 45.2 Å². The Hall–Kier alpha value is -2.05. The maximum absolute atomic E-state index is 13.3. The molecule has 168 valence electrons. The number of benzene rings is 2. The molecule has 2 aromatic rings. The van der Waals surface area contributed by atoms with Crippen molar-refractivity contribution >= 4 is 35.2 Å². The molecule has 2 rings (SSSR count). The van der Waals surface area contributed by atoms with Gasteiger partial charge in [0.1, 0.15) is 11.9 Å². The van der Waals surface area contributed by atoms with Crippen LogP contribution in [0.25, 0.3) is 0 Å². The monoisotopic (exact) mass is 464 g/mol. The van der Waals surface area contributed by atoms with Crippen LogP contribution in [0.4, 0.5) is 4.39 Å². The van der Waals surface area contributed by atoms with E-state index in [-0.39, 0.29) is 29.9 Å². The van der Waals surface area contributed by atoms with E-state index in [2.05, 4.69) is 5.32 Å². The summed E-state index contributed by atoms with van der Waals surface area (Å²) in [7, 11) is 0. The van der Waals surface area contributed by atoms with Gasteiger partial charge in [-0.25, -0.2) is 4.39 Å². The third-order valence-electron chi connectivity index (χ3n) is 4.59. The van der Waals surface area contributed by atoms with Crippen molar-refractivity contribution < 1.29 is 14.0 Å². The number of halogens is 2. The van der Waals surface area contributed by atoms with Gasteiger partial charge in [-0.1, -0.05) is 48.9 Å². The van der Waals surface area contributed by atoms with Crippen molar-refractivity contribution in [1.29, 1.82) is 0 Å². The number of nitrogens with one attached hydrogen (secondary N) is 1. The first kappa shape index (κ1) is 25.2. The lowest BCUT2D eigenvalue weighted by molar-refractivity contribution is -0.140. The van der Waals surface area contributed by atoms with Gasteiger partial charge in [0.2, 0.25) is 11.8 Å². The molecule has 4 nitrogen and oxygen atoms in total. The first-order valence-corrected chi connectivity index (χ1v) is 11.8. The van der Waals surface area contributed by atoms with Crippen molar-refractivity contribution in [2.75, 3.05) is 5.75 Å². The maximum atomic E-state index is 13.3. The Morgan fingerprint density at radius 3 is 2.35 bits per heavy atom. The molecule has 0 spiro atoms. The zero-order valence-electron chi connectivity index (χ0n) is 18.5. The number of thioether (sulfide) groups is 1. The molecule has 0 radical (unpaired) electrons. The lowest BCUT2D eigenvalue weighted by Gasteiger charge is -2.33. The Morgan fingerprint density at radius 1 is 1.13 bits per heavy atom. The van der Waals surface area contributed by atoms with Gasteiger partial charge in [0, 0.05) is 22.9 Å². The molecule has 31 heavy (non-hydrogen) atoms. The van der Waals surface area contributed by atoms with Crippen LogP contribution >= 0.6 is 23.4 Å². The summed E-state index contributed by atoms with van der Waals surface area (Å²) >= 11 is 7.66. The molecular weight excluding hydrogens is 435 g/mol. The van der Waals surface area contributed by atoms with Crippen molar-refractivity contribution in [2.24, 2.45) is 0 Å². The Balaban J connectivity index is 2.16. The van der Waals surface area contributed by atoms with E-state index in [1.54, 1.807) is 17.0 Å². The van der Waals surface area contributed by atoms with Crippen LogP contribution in [0, 0.1) is 5.82 Å². The second-order valence-corrected chi connectivity index (χ2v) is 9.79. The largest absolute Gasteiger partial charge is 0.350 e. The Bertz CT molecular complexity index is 884. The Labute approximate surface area is 193 Å². The van der Waals surface area contributed by atoms with Crippen LogP contribution < -0.4 is 5.32 Å². The van der Waals surface area contributed by atoms with Crippen molar-refractivity contribution in [1.82, 2.24) is 10.2 Å². The van der Waals surface area contributed by atoms with Gasteiger partial charge in [0.25, 0.3) is 0 Å². The Morgan fingerprint density at radius 2 is 1.77 bits per heavy atom. The van der Waals surface area contributed by atoms with Gasteiger partial charge >= 0.3 is 0 Å². The average molecular weight is 465 g/mol. The lowest BCUT2D eigenvalue weighted by atomic mass is 10.1. The first-order chi connectivity index (χ1) is 14.6. The highest BCUT2D eigenvalue weighted by Gasteiger charge is 2.30. The van der Waals surface area contributed by atoms with Crippen molar-refractivity contribution in [3.05, 3.63) is 70.5 Å². The highest BCUT2D eigenvalue weighted by molar-refractivity contribution is 7.99. The van der Waals surface area contributed by atoms with Gasteiger partial charge in [0.15, 0.2) is 0 Å². The summed E-state index contributed by atoms with van der Waals surface area (Å²) in [6.07, 6.45) is 0.476. The molecule has 0 saturated carbocycles. The fraction of sp³-hybridized carbons (Fsp3) is 0.417. The predicted molar refractivity (Wildman–Crippen MR) is 127 cm³/mol. The molecule has 0 heterocycles. The number of rotatable bonds is 9. The smallest absolute Gasteiger partial charge is 0.243 e. The number of hydrogen-bond acceptors (Lipinski definition) is 3. The van der Waals surface area contributed by atoms with E-state index >= 15 is 0 Å². The molecular formula is C24H30ClFN2O2S. The molecule has 0 aliphatic heterocycles. The molecule has 2 amide bonds. The molecule has 2 aromatic carbocycles. The molecule has 1 atom stereocenters. The molecule has 0 unspecified atom stereocenters. The summed E-state index contributed by atoms with van der Waals surface area (Å²) in [5, 5.41) is 3.64. The summed E-state index contributed by atoms with van der Waals surface area (Å²) in [4.78, 5) is 27.7. The predicted octanol–water partition coefficient (Wildman–Crippen LogP) is 5.43. The molecule has 1 N–H and O–H groups in total. The van der Waals surface area contributed by atoms with E-state index in [4.69, 9.17) is 11.6 Å². The second-order valence-electron chi connectivity index (χ2n) is 8.40. The first-order valence-electron chi connectivity index (χ1n) is 10.3. The van der Waals surface area contributed by atoms with Gasteiger partial charge in [-0.2, -0.15) is 0 Å². The zero-order chi connectivity index (χ0) is 23.0. The molecule has 7 heteroatoms. The second kappa shape index (κ2) is 11.5. The number of amides is 2. The quantitative estimate of drug-likeness (QED) is 0.538. The average Bonchev–Trinajstić information content (AvgIpc) is 2.69.